The largest absolute Gasteiger partial charge is 0.493 e. The summed E-state index contributed by atoms with van der Waals surface area (Å²) in [6, 6.07) is 8.67. The second-order valence-electron chi connectivity index (χ2n) is 5.44. The number of ether oxygens (including phenoxy) is 2. The highest BCUT2D eigenvalue weighted by atomic mass is 19.4. The normalized spacial score (nSPS) is 10.9. The maximum atomic E-state index is 12.5. The van der Waals surface area contributed by atoms with Crippen molar-refractivity contribution in [2.75, 3.05) is 14.2 Å². The van der Waals surface area contributed by atoms with Gasteiger partial charge in [-0.3, -0.25) is 20.4 Å². The molecule has 0 saturated heterocycles. The Morgan fingerprint density at radius 2 is 1.56 bits per heavy atom. The molecule has 0 aliphatic heterocycles. The van der Waals surface area contributed by atoms with Crippen molar-refractivity contribution in [1.82, 2.24) is 10.9 Å². The fraction of sp³-hybridized carbons (Fsp3) is 0.222. The molecule has 27 heavy (non-hydrogen) atoms. The van der Waals surface area contributed by atoms with Crippen LogP contribution in [0.2, 0.25) is 0 Å². The summed E-state index contributed by atoms with van der Waals surface area (Å²) in [5.74, 6) is -0.373. The number of benzene rings is 2. The van der Waals surface area contributed by atoms with Crippen LogP contribution in [0.1, 0.15) is 21.5 Å². The van der Waals surface area contributed by atoms with Gasteiger partial charge in [0.1, 0.15) is 0 Å². The monoisotopic (exact) mass is 382 g/mol. The Bertz CT molecular complexity index is 820. The van der Waals surface area contributed by atoms with E-state index in [1.54, 1.807) is 0 Å². The van der Waals surface area contributed by atoms with Crippen molar-refractivity contribution in [1.29, 1.82) is 0 Å². The van der Waals surface area contributed by atoms with Crippen molar-refractivity contribution >= 4 is 11.8 Å². The molecule has 0 saturated carbocycles. The highest BCUT2D eigenvalue weighted by Gasteiger charge is 2.29. The average Bonchev–Trinajstić information content (AvgIpc) is 2.65. The van der Waals surface area contributed by atoms with E-state index < -0.39 is 23.6 Å². The first kappa shape index (κ1) is 20.1. The Labute approximate surface area is 153 Å². The number of carbonyl (C=O) groups excluding carboxylic acids is 2. The predicted octanol–water partition coefficient (Wildman–Crippen LogP) is 2.73. The third kappa shape index (κ3) is 5.37. The van der Waals surface area contributed by atoms with Crippen molar-refractivity contribution in [2.45, 2.75) is 12.6 Å². The summed E-state index contributed by atoms with van der Waals surface area (Å²) < 4.78 is 47.7. The molecular formula is C18H17F3N2O4. The lowest BCUT2D eigenvalue weighted by Crippen LogP contribution is -2.42. The van der Waals surface area contributed by atoms with Crippen LogP contribution in [0.5, 0.6) is 11.5 Å². The molecule has 0 aliphatic rings. The summed E-state index contributed by atoms with van der Waals surface area (Å²) in [5.41, 5.74) is 4.24. The second-order valence-corrected chi connectivity index (χ2v) is 5.44. The molecule has 2 N–H and O–H groups in total. The van der Waals surface area contributed by atoms with Gasteiger partial charge in [-0.1, -0.05) is 12.1 Å². The van der Waals surface area contributed by atoms with Gasteiger partial charge in [0.05, 0.1) is 26.2 Å². The number of carbonyl (C=O) groups is 2. The molecule has 144 valence electrons. The highest BCUT2D eigenvalue weighted by Crippen LogP contribution is 2.29. The first-order valence-corrected chi connectivity index (χ1v) is 7.72. The molecule has 2 aromatic carbocycles. The Hall–Kier alpha value is -3.23. The summed E-state index contributed by atoms with van der Waals surface area (Å²) >= 11 is 0. The molecule has 0 unspecified atom stereocenters. The molecule has 0 atom stereocenters. The predicted molar refractivity (Wildman–Crippen MR) is 90.3 cm³/mol. The van der Waals surface area contributed by atoms with E-state index in [-0.39, 0.29) is 12.0 Å². The van der Waals surface area contributed by atoms with Crippen molar-refractivity contribution in [3.05, 3.63) is 59.2 Å². The molecule has 0 spiro atoms. The second kappa shape index (κ2) is 8.43. The standard InChI is InChI=1S/C18H17F3N2O4/c1-26-14-8-5-12(10-15(14)27-2)17(25)23-22-16(24)9-11-3-6-13(7-4-11)18(19,20)21/h3-8,10H,9H2,1-2H3,(H,22,24)(H,23,25). The van der Waals surface area contributed by atoms with Gasteiger partial charge in [-0.25, -0.2) is 0 Å². The van der Waals surface area contributed by atoms with Crippen molar-refractivity contribution in [2.24, 2.45) is 0 Å². The smallest absolute Gasteiger partial charge is 0.416 e. The van der Waals surface area contributed by atoms with Crippen molar-refractivity contribution in [3.63, 3.8) is 0 Å². The molecule has 2 aromatic rings. The summed E-state index contributed by atoms with van der Waals surface area (Å²) in [4.78, 5) is 23.9. The molecule has 0 aliphatic carbocycles. The number of nitrogens with one attached hydrogen (secondary N) is 2. The number of amides is 2. The van der Waals surface area contributed by atoms with Crippen LogP contribution < -0.4 is 20.3 Å². The van der Waals surface area contributed by atoms with Gasteiger partial charge < -0.3 is 9.47 Å². The Morgan fingerprint density at radius 1 is 0.926 bits per heavy atom. The first-order valence-electron chi connectivity index (χ1n) is 7.72. The first-order chi connectivity index (χ1) is 12.7. The quantitative estimate of drug-likeness (QED) is 0.780. The van der Waals surface area contributed by atoms with E-state index >= 15 is 0 Å². The summed E-state index contributed by atoms with van der Waals surface area (Å²) in [5, 5.41) is 0. The fourth-order valence-corrected chi connectivity index (χ4v) is 2.22. The van der Waals surface area contributed by atoms with Crippen molar-refractivity contribution < 1.29 is 32.2 Å². The molecule has 0 aromatic heterocycles. The summed E-state index contributed by atoms with van der Waals surface area (Å²) in [7, 11) is 2.88. The molecule has 0 fully saturated rings. The van der Waals surface area contributed by atoms with E-state index in [4.69, 9.17) is 9.47 Å². The fourth-order valence-electron chi connectivity index (χ4n) is 2.22. The maximum absolute atomic E-state index is 12.5. The van der Waals surface area contributed by atoms with Gasteiger partial charge in [-0.05, 0) is 35.9 Å². The van der Waals surface area contributed by atoms with E-state index in [1.165, 1.54) is 44.6 Å². The molecule has 6 nitrogen and oxygen atoms in total. The molecule has 9 heteroatoms. The average molecular weight is 382 g/mol. The number of hydrogen-bond acceptors (Lipinski definition) is 4. The van der Waals surface area contributed by atoms with E-state index in [9.17, 15) is 22.8 Å². The van der Waals surface area contributed by atoms with Gasteiger partial charge in [-0.2, -0.15) is 13.2 Å². The SMILES string of the molecule is COc1ccc(C(=O)NNC(=O)Cc2ccc(C(F)(F)F)cc2)cc1OC. The third-order valence-electron chi connectivity index (χ3n) is 3.61. The molecule has 0 radical (unpaired) electrons. The van der Waals surface area contributed by atoms with Crippen LogP contribution in [0.15, 0.2) is 42.5 Å². The molecule has 0 bridgehead atoms. The number of hydrogen-bond donors (Lipinski definition) is 2. The number of hydrazine groups is 1. The van der Waals surface area contributed by atoms with Crippen LogP contribution >= 0.6 is 0 Å². The zero-order valence-corrected chi connectivity index (χ0v) is 14.5. The number of alkyl halides is 3. The highest BCUT2D eigenvalue weighted by molar-refractivity contribution is 5.96. The van der Waals surface area contributed by atoms with E-state index in [2.05, 4.69) is 10.9 Å². The van der Waals surface area contributed by atoms with Crippen molar-refractivity contribution in [3.8, 4) is 11.5 Å². The lowest BCUT2D eigenvalue weighted by molar-refractivity contribution is -0.137. The molecule has 2 amide bonds. The van der Waals surface area contributed by atoms with Gasteiger partial charge in [0.15, 0.2) is 11.5 Å². The third-order valence-corrected chi connectivity index (χ3v) is 3.61. The Kier molecular flexibility index (Phi) is 6.27. The van der Waals surface area contributed by atoms with Gasteiger partial charge in [0.25, 0.3) is 5.91 Å². The Balaban J connectivity index is 1.92. The molecular weight excluding hydrogens is 365 g/mol. The Morgan fingerprint density at radius 3 is 2.11 bits per heavy atom. The van der Waals surface area contributed by atoms with E-state index in [1.807, 2.05) is 0 Å². The number of halogens is 3. The van der Waals surface area contributed by atoms with Crippen LogP contribution in [0.3, 0.4) is 0 Å². The van der Waals surface area contributed by atoms with Crippen LogP contribution in [-0.2, 0) is 17.4 Å². The molecule has 2 rings (SSSR count). The zero-order valence-electron chi connectivity index (χ0n) is 14.5. The topological polar surface area (TPSA) is 76.7 Å². The minimum absolute atomic E-state index is 0.190. The van der Waals surface area contributed by atoms with Gasteiger partial charge >= 0.3 is 6.18 Å². The van der Waals surface area contributed by atoms with Crippen LogP contribution in [0, 0.1) is 0 Å². The minimum Gasteiger partial charge on any atom is -0.493 e. The van der Waals surface area contributed by atoms with E-state index in [0.29, 0.717) is 17.1 Å². The number of methoxy groups -OCH3 is 2. The summed E-state index contributed by atoms with van der Waals surface area (Å²) in [6.45, 7) is 0. The van der Waals surface area contributed by atoms with Crippen LogP contribution in [-0.4, -0.2) is 26.0 Å². The summed E-state index contributed by atoms with van der Waals surface area (Å²) in [6.07, 6.45) is -4.63. The van der Waals surface area contributed by atoms with E-state index in [0.717, 1.165) is 12.1 Å². The lowest BCUT2D eigenvalue weighted by atomic mass is 10.1. The number of rotatable bonds is 5. The minimum atomic E-state index is -4.44. The van der Waals surface area contributed by atoms with Gasteiger partial charge in [-0.15, -0.1) is 0 Å². The van der Waals surface area contributed by atoms with Crippen LogP contribution in [0.4, 0.5) is 13.2 Å². The maximum Gasteiger partial charge on any atom is 0.416 e. The lowest BCUT2D eigenvalue weighted by Gasteiger charge is -2.11. The zero-order chi connectivity index (χ0) is 20.0. The van der Waals surface area contributed by atoms with Gasteiger partial charge in [0, 0.05) is 5.56 Å². The van der Waals surface area contributed by atoms with Gasteiger partial charge in [0.2, 0.25) is 5.91 Å². The van der Waals surface area contributed by atoms with Crippen LogP contribution in [0.25, 0.3) is 0 Å². The molecule has 0 heterocycles.